The second-order valence-corrected chi connectivity index (χ2v) is 5.68. The van der Waals surface area contributed by atoms with Crippen LogP contribution in [-0.4, -0.2) is 22.6 Å². The predicted octanol–water partition coefficient (Wildman–Crippen LogP) is 2.31. The van der Waals surface area contributed by atoms with Gasteiger partial charge in [0.25, 0.3) is 10.1 Å². The highest BCUT2D eigenvalue weighted by molar-refractivity contribution is 7.85. The van der Waals surface area contributed by atoms with Gasteiger partial charge in [0.2, 0.25) is 0 Å². The molecule has 18 heavy (non-hydrogen) atoms. The van der Waals surface area contributed by atoms with Gasteiger partial charge in [-0.05, 0) is 31.5 Å². The van der Waals surface area contributed by atoms with Gasteiger partial charge in [0.05, 0.1) is 10.4 Å². The summed E-state index contributed by atoms with van der Waals surface area (Å²) in [7, 11) is -4.22. The highest BCUT2D eigenvalue weighted by atomic mass is 32.2. The van der Waals surface area contributed by atoms with E-state index in [0.29, 0.717) is 17.5 Å². The highest BCUT2D eigenvalue weighted by Gasteiger charge is 2.16. The number of hydrogen-bond donors (Lipinski definition) is 2. The normalized spacial score (nSPS) is 12.2. The number of aryl methyl sites for hydroxylation is 2. The Balaban J connectivity index is 2.76. The minimum absolute atomic E-state index is 0.138. The summed E-state index contributed by atoms with van der Waals surface area (Å²) in [6.45, 7) is 4.37. The van der Waals surface area contributed by atoms with Crippen LogP contribution in [0.5, 0.6) is 5.88 Å². The van der Waals surface area contributed by atoms with Crippen LogP contribution in [0.3, 0.4) is 0 Å². The summed E-state index contributed by atoms with van der Waals surface area (Å²) in [6, 6.07) is 4.31. The predicted molar refractivity (Wildman–Crippen MR) is 68.4 cm³/mol. The van der Waals surface area contributed by atoms with Crippen LogP contribution in [0.25, 0.3) is 10.9 Å². The molecule has 0 fully saturated rings. The second kappa shape index (κ2) is 4.29. The molecule has 0 saturated heterocycles. The first-order chi connectivity index (χ1) is 8.36. The second-order valence-electron chi connectivity index (χ2n) is 4.25. The molecule has 0 radical (unpaired) electrons. The first-order valence-corrected chi connectivity index (χ1v) is 7.09. The van der Waals surface area contributed by atoms with Crippen molar-refractivity contribution in [3.63, 3.8) is 0 Å². The maximum Gasteiger partial charge on any atom is 0.294 e. The zero-order chi connectivity index (χ0) is 13.5. The zero-order valence-electron chi connectivity index (χ0n) is 10.2. The minimum atomic E-state index is -4.22. The molecule has 0 aliphatic rings. The molecule has 98 valence electrons. The average Bonchev–Trinajstić information content (AvgIpc) is 2.54. The Hall–Kier alpha value is -1.53. The van der Waals surface area contributed by atoms with Crippen LogP contribution in [-0.2, 0) is 16.7 Å². The number of nitrogens with zero attached hydrogens (tertiary/aromatic N) is 1. The molecule has 0 amide bonds. The highest BCUT2D eigenvalue weighted by Crippen LogP contribution is 2.32. The molecule has 1 aromatic carbocycles. The third-order valence-corrected chi connectivity index (χ3v) is 3.85. The molecular formula is C12H15NO4S. The lowest BCUT2D eigenvalue weighted by molar-refractivity contribution is 0.416. The molecule has 1 aromatic heterocycles. The van der Waals surface area contributed by atoms with Crippen molar-refractivity contribution in [1.29, 1.82) is 0 Å². The molecule has 2 N–H and O–H groups in total. The van der Waals surface area contributed by atoms with Gasteiger partial charge >= 0.3 is 0 Å². The Kier molecular flexibility index (Phi) is 3.08. The molecule has 2 aromatic rings. The van der Waals surface area contributed by atoms with Crippen molar-refractivity contribution >= 4 is 21.0 Å². The van der Waals surface area contributed by atoms with E-state index >= 15 is 0 Å². The zero-order valence-corrected chi connectivity index (χ0v) is 11.0. The van der Waals surface area contributed by atoms with Crippen LogP contribution in [0.1, 0.15) is 18.9 Å². The summed E-state index contributed by atoms with van der Waals surface area (Å²) in [5.74, 6) is 0.138. The third kappa shape index (κ3) is 1.97. The van der Waals surface area contributed by atoms with Crippen LogP contribution in [0.15, 0.2) is 23.1 Å². The van der Waals surface area contributed by atoms with E-state index in [2.05, 4.69) is 0 Å². The summed E-state index contributed by atoms with van der Waals surface area (Å²) >= 11 is 0. The van der Waals surface area contributed by atoms with Gasteiger partial charge in [0.1, 0.15) is 0 Å². The van der Waals surface area contributed by atoms with Crippen LogP contribution < -0.4 is 0 Å². The van der Waals surface area contributed by atoms with Crippen molar-refractivity contribution in [3.8, 4) is 5.88 Å². The van der Waals surface area contributed by atoms with Crippen LogP contribution >= 0.6 is 0 Å². The maximum atomic E-state index is 11.1. The van der Waals surface area contributed by atoms with Gasteiger partial charge in [0.15, 0.2) is 5.88 Å². The molecule has 5 nitrogen and oxygen atoms in total. The van der Waals surface area contributed by atoms with Crippen molar-refractivity contribution in [3.05, 3.63) is 23.8 Å². The quantitative estimate of drug-likeness (QED) is 0.838. The summed E-state index contributed by atoms with van der Waals surface area (Å²) in [5, 5.41) is 10.6. The van der Waals surface area contributed by atoms with Gasteiger partial charge < -0.3 is 9.67 Å². The van der Waals surface area contributed by atoms with Gasteiger partial charge in [-0.3, -0.25) is 4.55 Å². The van der Waals surface area contributed by atoms with Crippen molar-refractivity contribution in [2.75, 3.05) is 0 Å². The lowest BCUT2D eigenvalue weighted by Crippen LogP contribution is -1.98. The summed E-state index contributed by atoms with van der Waals surface area (Å²) in [5.41, 5.74) is 1.38. The minimum Gasteiger partial charge on any atom is -0.494 e. The van der Waals surface area contributed by atoms with Crippen LogP contribution in [0.2, 0.25) is 0 Å². The molecule has 0 aliphatic heterocycles. The van der Waals surface area contributed by atoms with E-state index < -0.39 is 10.1 Å². The number of fused-ring (bicyclic) bond motifs is 1. The fraction of sp³-hybridized carbons (Fsp3) is 0.333. The van der Waals surface area contributed by atoms with E-state index in [9.17, 15) is 13.5 Å². The summed E-state index contributed by atoms with van der Waals surface area (Å²) in [6.07, 6.45) is 0.858. The summed E-state index contributed by atoms with van der Waals surface area (Å²) < 4.78 is 32.9. The molecule has 0 atom stereocenters. The van der Waals surface area contributed by atoms with Gasteiger partial charge in [-0.15, -0.1) is 0 Å². The Morgan fingerprint density at radius 1 is 1.33 bits per heavy atom. The Labute approximate surface area is 105 Å². The van der Waals surface area contributed by atoms with Crippen molar-refractivity contribution < 1.29 is 18.1 Å². The number of benzene rings is 1. The van der Waals surface area contributed by atoms with E-state index in [1.54, 1.807) is 17.6 Å². The topological polar surface area (TPSA) is 79.5 Å². The molecule has 0 unspecified atom stereocenters. The van der Waals surface area contributed by atoms with Gasteiger partial charge in [-0.1, -0.05) is 6.92 Å². The Morgan fingerprint density at radius 3 is 2.56 bits per heavy atom. The monoisotopic (exact) mass is 269 g/mol. The van der Waals surface area contributed by atoms with Crippen molar-refractivity contribution in [1.82, 2.24) is 4.57 Å². The number of rotatable bonds is 3. The molecule has 0 saturated carbocycles. The number of aromatic nitrogens is 1. The molecule has 1 heterocycles. The average molecular weight is 269 g/mol. The largest absolute Gasteiger partial charge is 0.494 e. The molecule has 2 rings (SSSR count). The molecule has 0 bridgehead atoms. The lowest BCUT2D eigenvalue weighted by Gasteiger charge is -2.04. The number of hydrogen-bond acceptors (Lipinski definition) is 3. The van der Waals surface area contributed by atoms with E-state index in [-0.39, 0.29) is 10.8 Å². The Morgan fingerprint density at radius 2 is 2.00 bits per heavy atom. The third-order valence-electron chi connectivity index (χ3n) is 3.00. The van der Waals surface area contributed by atoms with E-state index in [1.165, 1.54) is 12.1 Å². The molecule has 0 aliphatic carbocycles. The smallest absolute Gasteiger partial charge is 0.294 e. The van der Waals surface area contributed by atoms with E-state index in [1.807, 2.05) is 6.92 Å². The number of aromatic hydroxyl groups is 1. The molecule has 0 spiro atoms. The first-order valence-electron chi connectivity index (χ1n) is 5.65. The van der Waals surface area contributed by atoms with Gasteiger partial charge in [0, 0.05) is 17.5 Å². The molecule has 6 heteroatoms. The Bertz CT molecular complexity index is 700. The first kappa shape index (κ1) is 12.9. The van der Waals surface area contributed by atoms with Gasteiger partial charge in [-0.2, -0.15) is 8.42 Å². The molecular weight excluding hydrogens is 254 g/mol. The van der Waals surface area contributed by atoms with E-state index in [4.69, 9.17) is 4.55 Å². The van der Waals surface area contributed by atoms with Crippen molar-refractivity contribution in [2.24, 2.45) is 0 Å². The standard InChI is InChI=1S/C12H15NO4S/c1-3-6-13-11-5-4-9(18(15,16)17)7-10(11)8(2)12(13)14/h4-5,7,14H,3,6H2,1-2H3,(H,15,16,17). The van der Waals surface area contributed by atoms with Crippen molar-refractivity contribution in [2.45, 2.75) is 31.7 Å². The van der Waals surface area contributed by atoms with Crippen LogP contribution in [0, 0.1) is 6.92 Å². The fourth-order valence-corrected chi connectivity index (χ4v) is 2.61. The lowest BCUT2D eigenvalue weighted by atomic mass is 10.2. The van der Waals surface area contributed by atoms with E-state index in [0.717, 1.165) is 11.9 Å². The fourth-order valence-electron chi connectivity index (χ4n) is 2.10. The van der Waals surface area contributed by atoms with Gasteiger partial charge in [-0.25, -0.2) is 0 Å². The SMILES string of the molecule is CCCn1c(O)c(C)c2cc(S(=O)(=O)O)ccc21. The summed E-state index contributed by atoms with van der Waals surface area (Å²) in [4.78, 5) is -0.160. The maximum absolute atomic E-state index is 11.1. The van der Waals surface area contributed by atoms with Crippen LogP contribution in [0.4, 0.5) is 0 Å².